The molecule has 0 spiro atoms. The molecule has 0 saturated carbocycles. The third-order valence-corrected chi connectivity index (χ3v) is 4.04. The van der Waals surface area contributed by atoms with Crippen molar-refractivity contribution in [3.63, 3.8) is 0 Å². The predicted octanol–water partition coefficient (Wildman–Crippen LogP) is 4.64. The maximum Gasteiger partial charge on any atom is 0.153 e. The fraction of sp³-hybridized carbons (Fsp3) is 0.0588. The van der Waals surface area contributed by atoms with E-state index < -0.39 is 0 Å². The molecule has 0 N–H and O–H groups in total. The van der Waals surface area contributed by atoms with Crippen molar-refractivity contribution in [2.24, 2.45) is 0 Å². The third-order valence-electron chi connectivity index (χ3n) is 3.63. The van der Waals surface area contributed by atoms with Gasteiger partial charge in [-0.15, -0.1) is 0 Å². The second-order valence-electron chi connectivity index (χ2n) is 5.11. The van der Waals surface area contributed by atoms with Crippen molar-refractivity contribution in [1.82, 2.24) is 14.8 Å². The summed E-state index contributed by atoms with van der Waals surface area (Å²) in [6, 6.07) is 9.60. The Kier molecular flexibility index (Phi) is 2.98. The lowest BCUT2D eigenvalue weighted by atomic mass is 10.1. The largest absolute Gasteiger partial charge is 0.464 e. The summed E-state index contributed by atoms with van der Waals surface area (Å²) in [4.78, 5) is 4.29. The average Bonchev–Trinajstić information content (AvgIpc) is 3.15. The lowest BCUT2D eigenvalue weighted by molar-refractivity contribution is 0.616. The molecule has 0 fully saturated rings. The van der Waals surface area contributed by atoms with Crippen LogP contribution in [0.25, 0.3) is 27.9 Å². The van der Waals surface area contributed by atoms with Gasteiger partial charge in [-0.3, -0.25) is 0 Å². The van der Waals surface area contributed by atoms with Crippen LogP contribution in [-0.2, 0) is 0 Å². The summed E-state index contributed by atoms with van der Waals surface area (Å²) in [5.41, 5.74) is 3.75. The Bertz CT molecular complexity index is 957. The van der Waals surface area contributed by atoms with E-state index in [0.29, 0.717) is 0 Å². The zero-order valence-electron chi connectivity index (χ0n) is 11.8. The maximum absolute atomic E-state index is 6.23. The number of benzene rings is 1. The highest BCUT2D eigenvalue weighted by Crippen LogP contribution is 2.33. The van der Waals surface area contributed by atoms with Crippen LogP contribution in [0.3, 0.4) is 0 Å². The van der Waals surface area contributed by atoms with Gasteiger partial charge < -0.3 is 4.42 Å². The Labute approximate surface area is 132 Å². The number of aromatic nitrogens is 3. The molecule has 0 saturated heterocycles. The first-order valence-corrected chi connectivity index (χ1v) is 7.24. The number of aryl methyl sites for hydroxylation is 1. The van der Waals surface area contributed by atoms with E-state index in [0.717, 1.165) is 38.5 Å². The molecule has 4 aromatic rings. The van der Waals surface area contributed by atoms with Crippen LogP contribution in [0.5, 0.6) is 0 Å². The standard InChI is InChI=1S/C17H12ClN3O/c1-11-6-16-13(7-15(11)18)14(10-22-16)12-8-20-21(9-12)17-4-2-3-5-19-17/h2-10H,1H3. The Hall–Kier alpha value is -2.59. The summed E-state index contributed by atoms with van der Waals surface area (Å²) in [6.45, 7) is 1.96. The van der Waals surface area contributed by atoms with Crippen molar-refractivity contribution in [1.29, 1.82) is 0 Å². The molecule has 0 aliphatic heterocycles. The van der Waals surface area contributed by atoms with Crippen LogP contribution in [0.1, 0.15) is 5.56 Å². The molecular weight excluding hydrogens is 298 g/mol. The Morgan fingerprint density at radius 3 is 2.95 bits per heavy atom. The smallest absolute Gasteiger partial charge is 0.153 e. The minimum Gasteiger partial charge on any atom is -0.464 e. The molecule has 0 unspecified atom stereocenters. The lowest BCUT2D eigenvalue weighted by Crippen LogP contribution is -1.95. The number of furan rings is 1. The van der Waals surface area contributed by atoms with Gasteiger partial charge in [0.1, 0.15) is 5.58 Å². The zero-order chi connectivity index (χ0) is 15.1. The van der Waals surface area contributed by atoms with Gasteiger partial charge in [-0.2, -0.15) is 5.10 Å². The van der Waals surface area contributed by atoms with Crippen molar-refractivity contribution >= 4 is 22.6 Å². The van der Waals surface area contributed by atoms with Gasteiger partial charge in [0.2, 0.25) is 0 Å². The lowest BCUT2D eigenvalue weighted by Gasteiger charge is -1.99. The Morgan fingerprint density at radius 1 is 1.23 bits per heavy atom. The first-order chi connectivity index (χ1) is 10.7. The van der Waals surface area contributed by atoms with E-state index in [2.05, 4.69) is 10.1 Å². The number of hydrogen-bond acceptors (Lipinski definition) is 3. The second kappa shape index (κ2) is 5.00. The number of pyridine rings is 1. The normalized spacial score (nSPS) is 11.2. The average molecular weight is 310 g/mol. The molecule has 3 aromatic heterocycles. The molecule has 0 aliphatic rings. The van der Waals surface area contributed by atoms with Gasteiger partial charge in [0, 0.05) is 33.9 Å². The molecular formula is C17H12ClN3O. The van der Waals surface area contributed by atoms with Gasteiger partial charge in [-0.1, -0.05) is 17.7 Å². The van der Waals surface area contributed by atoms with E-state index in [1.165, 1.54) is 0 Å². The molecule has 0 bridgehead atoms. The first kappa shape index (κ1) is 13.1. The van der Waals surface area contributed by atoms with Crippen molar-refractivity contribution in [3.8, 4) is 16.9 Å². The van der Waals surface area contributed by atoms with Gasteiger partial charge in [-0.05, 0) is 36.8 Å². The fourth-order valence-corrected chi connectivity index (χ4v) is 2.61. The molecule has 5 heteroatoms. The van der Waals surface area contributed by atoms with E-state index in [1.54, 1.807) is 23.3 Å². The van der Waals surface area contributed by atoms with Crippen LogP contribution < -0.4 is 0 Å². The summed E-state index contributed by atoms with van der Waals surface area (Å²) in [5.74, 6) is 0.774. The molecule has 108 valence electrons. The van der Waals surface area contributed by atoms with Crippen LogP contribution in [0, 0.1) is 6.92 Å². The first-order valence-electron chi connectivity index (χ1n) is 6.86. The van der Waals surface area contributed by atoms with Crippen molar-refractivity contribution in [2.45, 2.75) is 6.92 Å². The molecule has 0 radical (unpaired) electrons. The molecule has 3 heterocycles. The van der Waals surface area contributed by atoms with Gasteiger partial charge in [-0.25, -0.2) is 9.67 Å². The van der Waals surface area contributed by atoms with Crippen LogP contribution in [0.2, 0.25) is 5.02 Å². The van der Waals surface area contributed by atoms with Crippen molar-refractivity contribution in [2.75, 3.05) is 0 Å². The summed E-state index contributed by atoms with van der Waals surface area (Å²) in [6.07, 6.45) is 7.21. The van der Waals surface area contributed by atoms with Crippen molar-refractivity contribution < 1.29 is 4.42 Å². The number of nitrogens with zero attached hydrogens (tertiary/aromatic N) is 3. The number of fused-ring (bicyclic) bond motifs is 1. The third kappa shape index (κ3) is 2.09. The van der Waals surface area contributed by atoms with E-state index in [9.17, 15) is 0 Å². The van der Waals surface area contributed by atoms with E-state index in [4.69, 9.17) is 16.0 Å². The van der Waals surface area contributed by atoms with Crippen LogP contribution in [-0.4, -0.2) is 14.8 Å². The highest BCUT2D eigenvalue weighted by atomic mass is 35.5. The summed E-state index contributed by atoms with van der Waals surface area (Å²) in [7, 11) is 0. The summed E-state index contributed by atoms with van der Waals surface area (Å²) < 4.78 is 7.38. The van der Waals surface area contributed by atoms with E-state index in [1.807, 2.05) is 43.5 Å². The molecule has 4 nitrogen and oxygen atoms in total. The van der Waals surface area contributed by atoms with Gasteiger partial charge in [0.05, 0.1) is 12.5 Å². The summed E-state index contributed by atoms with van der Waals surface area (Å²) >= 11 is 6.23. The van der Waals surface area contributed by atoms with Gasteiger partial charge >= 0.3 is 0 Å². The minimum absolute atomic E-state index is 0.729. The Morgan fingerprint density at radius 2 is 2.14 bits per heavy atom. The number of hydrogen-bond donors (Lipinski definition) is 0. The van der Waals surface area contributed by atoms with Gasteiger partial charge in [0.15, 0.2) is 5.82 Å². The van der Waals surface area contributed by atoms with E-state index in [-0.39, 0.29) is 0 Å². The molecule has 0 atom stereocenters. The maximum atomic E-state index is 6.23. The zero-order valence-corrected chi connectivity index (χ0v) is 12.6. The molecule has 4 rings (SSSR count). The monoisotopic (exact) mass is 309 g/mol. The number of rotatable bonds is 2. The SMILES string of the molecule is Cc1cc2occ(-c3cnn(-c4ccccn4)c3)c2cc1Cl. The summed E-state index contributed by atoms with van der Waals surface area (Å²) in [5, 5.41) is 6.08. The van der Waals surface area contributed by atoms with Gasteiger partial charge in [0.25, 0.3) is 0 Å². The highest BCUT2D eigenvalue weighted by Gasteiger charge is 2.12. The van der Waals surface area contributed by atoms with Crippen molar-refractivity contribution in [3.05, 3.63) is 65.8 Å². The molecule has 0 aliphatic carbocycles. The van der Waals surface area contributed by atoms with Crippen LogP contribution in [0.4, 0.5) is 0 Å². The van der Waals surface area contributed by atoms with Crippen LogP contribution in [0.15, 0.2) is 59.6 Å². The fourth-order valence-electron chi connectivity index (χ4n) is 2.45. The highest BCUT2D eigenvalue weighted by molar-refractivity contribution is 6.32. The minimum atomic E-state index is 0.729. The topological polar surface area (TPSA) is 43.9 Å². The molecule has 1 aromatic carbocycles. The molecule has 0 amide bonds. The Balaban J connectivity index is 1.83. The van der Waals surface area contributed by atoms with Crippen LogP contribution >= 0.6 is 11.6 Å². The second-order valence-corrected chi connectivity index (χ2v) is 5.52. The number of halogens is 1. The predicted molar refractivity (Wildman–Crippen MR) is 86.3 cm³/mol. The molecule has 22 heavy (non-hydrogen) atoms. The quantitative estimate of drug-likeness (QED) is 0.541. The van der Waals surface area contributed by atoms with E-state index >= 15 is 0 Å².